The lowest BCUT2D eigenvalue weighted by molar-refractivity contribution is 0.0904. The van der Waals surface area contributed by atoms with E-state index in [4.69, 9.17) is 4.74 Å². The van der Waals surface area contributed by atoms with Crippen LogP contribution in [0.1, 0.15) is 55.3 Å². The number of hydrogen-bond acceptors (Lipinski definition) is 4. The number of amides is 1. The molecule has 1 aromatic rings. The van der Waals surface area contributed by atoms with Crippen LogP contribution in [0.25, 0.3) is 0 Å². The van der Waals surface area contributed by atoms with Crippen molar-refractivity contribution in [3.8, 4) is 11.8 Å². The first-order valence-electron chi connectivity index (χ1n) is 7.42. The molecule has 21 heavy (non-hydrogen) atoms. The number of carbonyl (C=O) groups is 1. The van der Waals surface area contributed by atoms with Gasteiger partial charge in [0.25, 0.3) is 5.91 Å². The molecule has 0 saturated heterocycles. The minimum atomic E-state index is -0.758. The van der Waals surface area contributed by atoms with Crippen molar-refractivity contribution in [1.82, 2.24) is 10.3 Å². The first kappa shape index (κ1) is 15.3. The van der Waals surface area contributed by atoms with E-state index in [1.165, 1.54) is 19.7 Å². The maximum Gasteiger partial charge on any atom is 0.256 e. The van der Waals surface area contributed by atoms with Crippen LogP contribution in [0.2, 0.25) is 0 Å². The van der Waals surface area contributed by atoms with Crippen LogP contribution >= 0.6 is 0 Å². The number of ether oxygens (including phenoxy) is 1. The monoisotopic (exact) mass is 287 g/mol. The number of aromatic nitrogens is 1. The molecule has 1 heterocycles. The number of nitrogens with one attached hydrogen (secondary N) is 1. The molecule has 0 unspecified atom stereocenters. The highest BCUT2D eigenvalue weighted by Crippen LogP contribution is 2.27. The van der Waals surface area contributed by atoms with E-state index in [0.717, 1.165) is 25.7 Å². The Hall–Kier alpha value is -2.09. The van der Waals surface area contributed by atoms with Gasteiger partial charge in [-0.15, -0.1) is 0 Å². The molecule has 5 heteroatoms. The van der Waals surface area contributed by atoms with E-state index in [0.29, 0.717) is 24.2 Å². The normalized spacial score (nSPS) is 17.9. The Bertz CT molecular complexity index is 529. The van der Waals surface area contributed by atoms with Gasteiger partial charge in [-0.3, -0.25) is 9.78 Å². The molecular formula is C16H21N3O2. The first-order chi connectivity index (χ1) is 10.2. The van der Waals surface area contributed by atoms with Crippen molar-refractivity contribution in [1.29, 1.82) is 5.26 Å². The van der Waals surface area contributed by atoms with Crippen LogP contribution in [-0.2, 0) is 0 Å². The number of pyridine rings is 1. The molecule has 0 aliphatic heterocycles. The van der Waals surface area contributed by atoms with Gasteiger partial charge in [-0.2, -0.15) is 5.26 Å². The lowest BCUT2D eigenvalue weighted by atomic mass is 9.85. The summed E-state index contributed by atoms with van der Waals surface area (Å²) in [5.74, 6) is 0.158. The van der Waals surface area contributed by atoms with E-state index in [9.17, 15) is 10.1 Å². The van der Waals surface area contributed by atoms with E-state index in [2.05, 4.69) is 16.4 Å². The third-order valence-corrected chi connectivity index (χ3v) is 4.02. The Kier molecular flexibility index (Phi) is 5.15. The molecule has 2 rings (SSSR count). The molecule has 112 valence electrons. The van der Waals surface area contributed by atoms with Gasteiger partial charge in [0.2, 0.25) is 0 Å². The highest BCUT2D eigenvalue weighted by molar-refractivity contribution is 5.97. The second-order valence-electron chi connectivity index (χ2n) is 5.49. The standard InChI is InChI=1S/C16H21N3O2/c1-21-14-11-18-10-7-13(14)15(20)19-16(12-17)8-5-3-2-4-6-9-16/h7,10-11H,2-6,8-9H2,1H3,(H,19,20). The third-order valence-electron chi connectivity index (χ3n) is 4.02. The Labute approximate surface area is 125 Å². The van der Waals surface area contributed by atoms with Crippen molar-refractivity contribution in [2.24, 2.45) is 0 Å². The van der Waals surface area contributed by atoms with Crippen molar-refractivity contribution in [3.63, 3.8) is 0 Å². The molecule has 1 aliphatic carbocycles. The minimum Gasteiger partial charge on any atom is -0.494 e. The number of carbonyl (C=O) groups excluding carboxylic acids is 1. The Morgan fingerprint density at radius 1 is 1.33 bits per heavy atom. The summed E-state index contributed by atoms with van der Waals surface area (Å²) in [5, 5.41) is 12.5. The summed E-state index contributed by atoms with van der Waals surface area (Å²) >= 11 is 0. The molecule has 0 spiro atoms. The minimum absolute atomic E-state index is 0.267. The predicted molar refractivity (Wildman–Crippen MR) is 78.9 cm³/mol. The SMILES string of the molecule is COc1cnccc1C(=O)NC1(C#N)CCCCCCC1. The molecule has 1 saturated carbocycles. The summed E-state index contributed by atoms with van der Waals surface area (Å²) in [4.78, 5) is 16.4. The zero-order chi connectivity index (χ0) is 15.1. The molecule has 1 N–H and O–H groups in total. The van der Waals surface area contributed by atoms with Gasteiger partial charge in [-0.25, -0.2) is 0 Å². The smallest absolute Gasteiger partial charge is 0.256 e. The fraction of sp³-hybridized carbons (Fsp3) is 0.562. The van der Waals surface area contributed by atoms with Crippen LogP contribution < -0.4 is 10.1 Å². The number of nitrogens with zero attached hydrogens (tertiary/aromatic N) is 2. The predicted octanol–water partition coefficient (Wildman–Crippen LogP) is 2.83. The third kappa shape index (κ3) is 3.72. The molecule has 0 bridgehead atoms. The molecule has 5 nitrogen and oxygen atoms in total. The molecule has 0 radical (unpaired) electrons. The second kappa shape index (κ2) is 7.07. The van der Waals surface area contributed by atoms with Gasteiger partial charge < -0.3 is 10.1 Å². The van der Waals surface area contributed by atoms with Crippen LogP contribution in [0.4, 0.5) is 0 Å². The maximum atomic E-state index is 12.5. The molecule has 1 fully saturated rings. The van der Waals surface area contributed by atoms with Crippen molar-refractivity contribution < 1.29 is 9.53 Å². The van der Waals surface area contributed by atoms with Gasteiger partial charge in [-0.1, -0.05) is 32.1 Å². The van der Waals surface area contributed by atoms with E-state index in [-0.39, 0.29) is 5.91 Å². The van der Waals surface area contributed by atoms with Crippen LogP contribution in [0.3, 0.4) is 0 Å². The largest absolute Gasteiger partial charge is 0.494 e. The lowest BCUT2D eigenvalue weighted by Crippen LogP contribution is -2.47. The summed E-state index contributed by atoms with van der Waals surface area (Å²) < 4.78 is 5.16. The molecule has 0 aromatic carbocycles. The van der Waals surface area contributed by atoms with Crippen LogP contribution in [0.15, 0.2) is 18.5 Å². The summed E-state index contributed by atoms with van der Waals surface area (Å²) in [6, 6.07) is 3.95. The zero-order valence-electron chi connectivity index (χ0n) is 12.4. The van der Waals surface area contributed by atoms with Crippen LogP contribution in [0.5, 0.6) is 5.75 Å². The van der Waals surface area contributed by atoms with Gasteiger partial charge in [0, 0.05) is 6.20 Å². The summed E-state index contributed by atoms with van der Waals surface area (Å²) in [5.41, 5.74) is -0.338. The fourth-order valence-electron chi connectivity index (χ4n) is 2.79. The molecule has 1 amide bonds. The summed E-state index contributed by atoms with van der Waals surface area (Å²) in [6.07, 6.45) is 9.89. The van der Waals surface area contributed by atoms with Gasteiger partial charge in [-0.05, 0) is 18.9 Å². The molecule has 1 aromatic heterocycles. The van der Waals surface area contributed by atoms with E-state index in [1.54, 1.807) is 12.3 Å². The molecule has 0 atom stereocenters. The van der Waals surface area contributed by atoms with Gasteiger partial charge in [0.05, 0.1) is 24.9 Å². The Morgan fingerprint density at radius 3 is 2.62 bits per heavy atom. The van der Waals surface area contributed by atoms with Crippen molar-refractivity contribution >= 4 is 5.91 Å². The zero-order valence-corrected chi connectivity index (χ0v) is 12.4. The molecule has 1 aliphatic rings. The quantitative estimate of drug-likeness (QED) is 0.927. The van der Waals surface area contributed by atoms with Crippen LogP contribution in [-0.4, -0.2) is 23.5 Å². The van der Waals surface area contributed by atoms with Gasteiger partial charge in [0.1, 0.15) is 11.3 Å². The highest BCUT2D eigenvalue weighted by atomic mass is 16.5. The van der Waals surface area contributed by atoms with E-state index in [1.807, 2.05) is 0 Å². The van der Waals surface area contributed by atoms with Crippen molar-refractivity contribution in [2.45, 2.75) is 50.5 Å². The highest BCUT2D eigenvalue weighted by Gasteiger charge is 2.32. The average Bonchev–Trinajstić information content (AvgIpc) is 2.50. The number of rotatable bonds is 3. The van der Waals surface area contributed by atoms with Crippen molar-refractivity contribution in [3.05, 3.63) is 24.0 Å². The molecular weight excluding hydrogens is 266 g/mol. The van der Waals surface area contributed by atoms with Gasteiger partial charge >= 0.3 is 0 Å². The Balaban J connectivity index is 2.17. The average molecular weight is 287 g/mol. The number of methoxy groups -OCH3 is 1. The number of hydrogen-bond donors (Lipinski definition) is 1. The maximum absolute atomic E-state index is 12.5. The van der Waals surface area contributed by atoms with E-state index >= 15 is 0 Å². The lowest BCUT2D eigenvalue weighted by Gasteiger charge is -2.29. The topological polar surface area (TPSA) is 75.0 Å². The second-order valence-corrected chi connectivity index (χ2v) is 5.49. The number of nitriles is 1. The Morgan fingerprint density at radius 2 is 2.00 bits per heavy atom. The van der Waals surface area contributed by atoms with Gasteiger partial charge in [0.15, 0.2) is 0 Å². The van der Waals surface area contributed by atoms with E-state index < -0.39 is 5.54 Å². The summed E-state index contributed by atoms with van der Waals surface area (Å²) in [6.45, 7) is 0. The summed E-state index contributed by atoms with van der Waals surface area (Å²) in [7, 11) is 1.50. The van der Waals surface area contributed by atoms with Crippen LogP contribution in [0, 0.1) is 11.3 Å². The van der Waals surface area contributed by atoms with Crippen molar-refractivity contribution in [2.75, 3.05) is 7.11 Å². The fourth-order valence-corrected chi connectivity index (χ4v) is 2.79. The first-order valence-corrected chi connectivity index (χ1v) is 7.42.